The number of carbonyl (C=O) groups excluding carboxylic acids is 1. The van der Waals surface area contributed by atoms with Crippen molar-refractivity contribution >= 4 is 49.2 Å². The van der Waals surface area contributed by atoms with Crippen LogP contribution < -0.4 is 0 Å². The molecule has 0 bridgehead atoms. The Morgan fingerprint density at radius 1 is 1.50 bits per heavy atom. The summed E-state index contributed by atoms with van der Waals surface area (Å²) in [6.45, 7) is 0. The number of hydrogen-bond acceptors (Lipinski definition) is 1. The molecule has 0 N–H and O–H groups in total. The number of rotatable bonds is 2. The molecule has 0 spiro atoms. The summed E-state index contributed by atoms with van der Waals surface area (Å²) in [5, 5.41) is 0.869. The molecule has 0 amide bonds. The minimum absolute atomic E-state index is 0.0179. The van der Waals surface area contributed by atoms with Gasteiger partial charge in [0.2, 0.25) is 0 Å². The summed E-state index contributed by atoms with van der Waals surface area (Å²) in [7, 11) is 0. The molecule has 0 unspecified atom stereocenters. The summed E-state index contributed by atoms with van der Waals surface area (Å²) in [6.07, 6.45) is 0. The Morgan fingerprint density at radius 3 is 2.75 bits per heavy atom. The van der Waals surface area contributed by atoms with Crippen LogP contribution in [0.25, 0.3) is 0 Å². The van der Waals surface area contributed by atoms with Crippen LogP contribution in [0.2, 0.25) is 5.02 Å². The van der Waals surface area contributed by atoms with E-state index in [0.717, 1.165) is 0 Å². The van der Waals surface area contributed by atoms with E-state index in [1.54, 1.807) is 18.2 Å². The quantitative estimate of drug-likeness (QED) is 0.601. The predicted molar refractivity (Wildman–Crippen MR) is 57.3 cm³/mol. The fourth-order valence-corrected chi connectivity index (χ4v) is 1.75. The van der Waals surface area contributed by atoms with Crippen molar-refractivity contribution in [1.29, 1.82) is 0 Å². The second kappa shape index (κ2) is 4.40. The normalized spacial score (nSPS) is 9.92. The van der Waals surface area contributed by atoms with E-state index in [-0.39, 0.29) is 5.78 Å². The van der Waals surface area contributed by atoms with Gasteiger partial charge in [0.05, 0.1) is 10.4 Å². The van der Waals surface area contributed by atoms with Crippen molar-refractivity contribution < 1.29 is 4.79 Å². The molecule has 0 aliphatic rings. The van der Waals surface area contributed by atoms with Crippen molar-refractivity contribution in [2.75, 3.05) is 5.33 Å². The lowest BCUT2D eigenvalue weighted by molar-refractivity contribution is 0.102. The van der Waals surface area contributed by atoms with Crippen LogP contribution in [0, 0.1) is 0 Å². The summed E-state index contributed by atoms with van der Waals surface area (Å²) in [5.74, 6) is 0.0179. The molecule has 0 saturated heterocycles. The number of halogens is 3. The van der Waals surface area contributed by atoms with Crippen molar-refractivity contribution in [3.8, 4) is 0 Å². The fourth-order valence-electron chi connectivity index (χ4n) is 0.791. The third-order valence-electron chi connectivity index (χ3n) is 1.37. The highest BCUT2D eigenvalue weighted by atomic mass is 79.9. The van der Waals surface area contributed by atoms with E-state index in [0.29, 0.717) is 20.4 Å². The van der Waals surface area contributed by atoms with Gasteiger partial charge in [-0.25, -0.2) is 0 Å². The zero-order valence-corrected chi connectivity index (χ0v) is 9.91. The molecule has 0 aliphatic heterocycles. The van der Waals surface area contributed by atoms with E-state index >= 15 is 0 Å². The van der Waals surface area contributed by atoms with Crippen molar-refractivity contribution in [3.05, 3.63) is 33.3 Å². The Bertz CT molecular complexity index is 312. The molecule has 12 heavy (non-hydrogen) atoms. The van der Waals surface area contributed by atoms with E-state index in [4.69, 9.17) is 11.6 Å². The van der Waals surface area contributed by atoms with E-state index < -0.39 is 0 Å². The second-order valence-corrected chi connectivity index (χ2v) is 3.92. The smallest absolute Gasteiger partial charge is 0.174 e. The lowest BCUT2D eigenvalue weighted by Gasteiger charge is -2.01. The first kappa shape index (κ1) is 10.2. The van der Waals surface area contributed by atoms with Gasteiger partial charge in [0.15, 0.2) is 5.78 Å². The lowest BCUT2D eigenvalue weighted by Crippen LogP contribution is -2.00. The molecule has 0 aromatic heterocycles. The molecule has 1 aromatic carbocycles. The fraction of sp³-hybridized carbons (Fsp3) is 0.125. The summed E-state index contributed by atoms with van der Waals surface area (Å²) < 4.78 is 0.663. The molecule has 1 nitrogen and oxygen atoms in total. The SMILES string of the molecule is O=C(CBr)c1cccc(Cl)c1Br. The van der Waals surface area contributed by atoms with E-state index in [9.17, 15) is 4.79 Å². The second-order valence-electron chi connectivity index (χ2n) is 2.16. The van der Waals surface area contributed by atoms with E-state index in [2.05, 4.69) is 31.9 Å². The maximum Gasteiger partial charge on any atom is 0.174 e. The van der Waals surface area contributed by atoms with Crippen LogP contribution in [0.1, 0.15) is 10.4 Å². The minimum Gasteiger partial charge on any atom is -0.293 e. The minimum atomic E-state index is 0.0179. The van der Waals surface area contributed by atoms with Gasteiger partial charge in [-0.05, 0) is 22.0 Å². The first-order chi connectivity index (χ1) is 5.66. The topological polar surface area (TPSA) is 17.1 Å². The summed E-state index contributed by atoms with van der Waals surface area (Å²) in [5.41, 5.74) is 0.611. The van der Waals surface area contributed by atoms with Gasteiger partial charge in [0.25, 0.3) is 0 Å². The van der Waals surface area contributed by atoms with Gasteiger partial charge in [0.1, 0.15) is 0 Å². The molecule has 0 radical (unpaired) electrons. The molecule has 0 saturated carbocycles. The van der Waals surface area contributed by atoms with Gasteiger partial charge in [-0.3, -0.25) is 4.79 Å². The Balaban J connectivity index is 3.16. The van der Waals surface area contributed by atoms with Crippen LogP contribution in [0.5, 0.6) is 0 Å². The van der Waals surface area contributed by atoms with Gasteiger partial charge >= 0.3 is 0 Å². The number of carbonyl (C=O) groups is 1. The number of hydrogen-bond donors (Lipinski definition) is 0. The number of Topliss-reactive ketones (excluding diaryl/α,β-unsaturated/α-hetero) is 1. The Labute approximate surface area is 92.4 Å². The molecule has 1 rings (SSSR count). The summed E-state index contributed by atoms with van der Waals surface area (Å²) in [4.78, 5) is 11.3. The lowest BCUT2D eigenvalue weighted by atomic mass is 10.1. The number of alkyl halides is 1. The van der Waals surface area contributed by atoms with Crippen LogP contribution >= 0.6 is 43.5 Å². The summed E-state index contributed by atoms with van der Waals surface area (Å²) in [6, 6.07) is 5.22. The number of ketones is 1. The highest BCUT2D eigenvalue weighted by Crippen LogP contribution is 2.26. The van der Waals surface area contributed by atoms with Gasteiger partial charge in [0, 0.05) is 10.0 Å². The molecule has 1 aromatic rings. The third kappa shape index (κ3) is 2.09. The van der Waals surface area contributed by atoms with Crippen LogP contribution in [0.4, 0.5) is 0 Å². The maximum absolute atomic E-state index is 11.3. The zero-order chi connectivity index (χ0) is 9.14. The van der Waals surface area contributed by atoms with Crippen LogP contribution in [0.3, 0.4) is 0 Å². The average Bonchev–Trinajstić information content (AvgIpc) is 2.08. The van der Waals surface area contributed by atoms with Gasteiger partial charge < -0.3 is 0 Å². The Morgan fingerprint density at radius 2 is 2.17 bits per heavy atom. The summed E-state index contributed by atoms with van der Waals surface area (Å²) >= 11 is 12.1. The largest absolute Gasteiger partial charge is 0.293 e. The van der Waals surface area contributed by atoms with Gasteiger partial charge in [-0.1, -0.05) is 39.7 Å². The first-order valence-electron chi connectivity index (χ1n) is 3.20. The number of benzene rings is 1. The standard InChI is InChI=1S/C8H5Br2ClO/c9-4-7(12)5-2-1-3-6(11)8(5)10/h1-3H,4H2. The predicted octanol–water partition coefficient (Wildman–Crippen LogP) is 3.68. The monoisotopic (exact) mass is 310 g/mol. The van der Waals surface area contributed by atoms with Gasteiger partial charge in [-0.2, -0.15) is 0 Å². The van der Waals surface area contributed by atoms with Crippen molar-refractivity contribution in [1.82, 2.24) is 0 Å². The Kier molecular flexibility index (Phi) is 3.75. The molecular formula is C8H5Br2ClO. The molecular weight excluding hydrogens is 307 g/mol. The molecule has 0 aliphatic carbocycles. The van der Waals surface area contributed by atoms with Crippen LogP contribution in [0.15, 0.2) is 22.7 Å². The molecule has 0 heterocycles. The molecule has 0 atom stereocenters. The first-order valence-corrected chi connectivity index (χ1v) is 5.49. The highest BCUT2D eigenvalue weighted by molar-refractivity contribution is 9.10. The zero-order valence-electron chi connectivity index (χ0n) is 5.98. The maximum atomic E-state index is 11.3. The van der Waals surface area contributed by atoms with Crippen molar-refractivity contribution in [2.45, 2.75) is 0 Å². The molecule has 4 heteroatoms. The van der Waals surface area contributed by atoms with Crippen molar-refractivity contribution in [3.63, 3.8) is 0 Å². The highest BCUT2D eigenvalue weighted by Gasteiger charge is 2.09. The van der Waals surface area contributed by atoms with Crippen LogP contribution in [-0.2, 0) is 0 Å². The van der Waals surface area contributed by atoms with Gasteiger partial charge in [-0.15, -0.1) is 0 Å². The van der Waals surface area contributed by atoms with Crippen molar-refractivity contribution in [2.24, 2.45) is 0 Å². The third-order valence-corrected chi connectivity index (χ3v) is 3.28. The molecule has 0 fully saturated rings. The Hall–Kier alpha value is 0.140. The van der Waals surface area contributed by atoms with E-state index in [1.807, 2.05) is 0 Å². The van der Waals surface area contributed by atoms with E-state index in [1.165, 1.54) is 0 Å². The van der Waals surface area contributed by atoms with Crippen LogP contribution in [-0.4, -0.2) is 11.1 Å². The molecule has 64 valence electrons. The average molecular weight is 312 g/mol.